The molecule has 0 spiro atoms. The van der Waals surface area contributed by atoms with E-state index in [2.05, 4.69) is 9.88 Å². The molecule has 4 rings (SSSR count). The molecule has 37 heavy (non-hydrogen) atoms. The van der Waals surface area contributed by atoms with Crippen molar-refractivity contribution in [3.05, 3.63) is 45.1 Å². The summed E-state index contributed by atoms with van der Waals surface area (Å²) in [4.78, 5) is 31.0. The van der Waals surface area contributed by atoms with E-state index in [0.717, 1.165) is 11.1 Å². The monoisotopic (exact) mass is 533 g/mol. The van der Waals surface area contributed by atoms with Gasteiger partial charge >= 0.3 is 5.69 Å². The van der Waals surface area contributed by atoms with Crippen LogP contribution in [0.5, 0.6) is 5.75 Å². The second-order valence-electron chi connectivity index (χ2n) is 9.16. The molecule has 0 amide bonds. The van der Waals surface area contributed by atoms with E-state index in [-0.39, 0.29) is 17.0 Å². The molecular formula is C25H35N5O6S. The number of hydrogen-bond donors (Lipinski definition) is 2. The van der Waals surface area contributed by atoms with Gasteiger partial charge in [-0.3, -0.25) is 13.9 Å². The Balaban J connectivity index is 1.76. The van der Waals surface area contributed by atoms with Crippen LogP contribution < -0.4 is 16.0 Å². The van der Waals surface area contributed by atoms with Crippen molar-refractivity contribution in [3.8, 4) is 17.0 Å². The molecule has 1 aliphatic rings. The van der Waals surface area contributed by atoms with Crippen molar-refractivity contribution >= 4 is 21.1 Å². The average Bonchev–Trinajstić information content (AvgIpc) is 3.34. The van der Waals surface area contributed by atoms with E-state index < -0.39 is 21.3 Å². The smallest absolute Gasteiger partial charge is 0.331 e. The van der Waals surface area contributed by atoms with Crippen LogP contribution in [0.15, 0.2) is 38.8 Å². The number of aliphatic hydroxyl groups is 1. The number of sulfonamides is 1. The predicted molar refractivity (Wildman–Crippen MR) is 142 cm³/mol. The molecule has 0 saturated carbocycles. The van der Waals surface area contributed by atoms with Crippen LogP contribution in [-0.4, -0.2) is 82.8 Å². The first kappa shape index (κ1) is 27.1. The fraction of sp³-hybridized carbons (Fsp3) is 0.520. The molecule has 1 aromatic carbocycles. The SMILES string of the molecule is CCCn1c(=O)n(C)c(=O)c2[nH]c(-c3cc(S(=O)(=O)N4CCN(CCCO)CC4)ccc3OCC)cc21. The fourth-order valence-electron chi connectivity index (χ4n) is 4.74. The highest BCUT2D eigenvalue weighted by molar-refractivity contribution is 7.89. The number of H-pyrrole nitrogens is 1. The number of nitrogens with one attached hydrogen (secondary N) is 1. The van der Waals surface area contributed by atoms with Gasteiger partial charge in [-0.1, -0.05) is 6.92 Å². The van der Waals surface area contributed by atoms with Crippen LogP contribution in [0.3, 0.4) is 0 Å². The summed E-state index contributed by atoms with van der Waals surface area (Å²) in [6.45, 7) is 7.38. The Morgan fingerprint density at radius 3 is 2.43 bits per heavy atom. The van der Waals surface area contributed by atoms with Gasteiger partial charge in [-0.2, -0.15) is 4.31 Å². The van der Waals surface area contributed by atoms with Gasteiger partial charge in [0.2, 0.25) is 10.0 Å². The summed E-state index contributed by atoms with van der Waals surface area (Å²) in [5.41, 5.74) is 0.902. The standard InChI is InChI=1S/C25H35N5O6S/c1-4-9-30-21-17-20(26-23(21)24(32)27(3)25(30)33)19-16-18(7-8-22(19)36-5-2)37(34,35)29-13-11-28(12-14-29)10-6-15-31/h7-8,16-17,26,31H,4-6,9-15H2,1-3H3. The van der Waals surface area contributed by atoms with Gasteiger partial charge in [0, 0.05) is 58.5 Å². The maximum Gasteiger partial charge on any atom is 0.331 e. The highest BCUT2D eigenvalue weighted by atomic mass is 32.2. The molecule has 0 atom stereocenters. The van der Waals surface area contributed by atoms with Crippen molar-refractivity contribution in [1.82, 2.24) is 23.3 Å². The number of rotatable bonds is 10. The van der Waals surface area contributed by atoms with E-state index in [1.807, 2.05) is 13.8 Å². The van der Waals surface area contributed by atoms with Gasteiger partial charge in [0.25, 0.3) is 5.56 Å². The summed E-state index contributed by atoms with van der Waals surface area (Å²) in [7, 11) is -2.33. The molecule has 0 unspecified atom stereocenters. The number of ether oxygens (including phenoxy) is 1. The minimum absolute atomic E-state index is 0.113. The van der Waals surface area contributed by atoms with Crippen LogP contribution >= 0.6 is 0 Å². The zero-order valence-corrected chi connectivity index (χ0v) is 22.4. The first-order valence-electron chi connectivity index (χ1n) is 12.7. The predicted octanol–water partition coefficient (Wildman–Crippen LogP) is 1.19. The Labute approximate surface area is 215 Å². The Morgan fingerprint density at radius 1 is 1.05 bits per heavy atom. The lowest BCUT2D eigenvalue weighted by Gasteiger charge is -2.33. The second-order valence-corrected chi connectivity index (χ2v) is 11.1. The first-order valence-corrected chi connectivity index (χ1v) is 14.1. The number of aromatic amines is 1. The van der Waals surface area contributed by atoms with Gasteiger partial charge in [0.05, 0.1) is 22.7 Å². The van der Waals surface area contributed by atoms with Crippen molar-refractivity contribution < 1.29 is 18.3 Å². The van der Waals surface area contributed by atoms with Gasteiger partial charge < -0.3 is 19.7 Å². The Hall–Kier alpha value is -2.93. The number of benzene rings is 1. The van der Waals surface area contributed by atoms with Crippen molar-refractivity contribution in [2.75, 3.05) is 45.9 Å². The molecular weight excluding hydrogens is 498 g/mol. The van der Waals surface area contributed by atoms with Crippen molar-refractivity contribution in [2.45, 2.75) is 38.1 Å². The number of fused-ring (bicyclic) bond motifs is 1. The molecule has 1 saturated heterocycles. The second kappa shape index (κ2) is 11.2. The molecule has 0 aliphatic carbocycles. The minimum Gasteiger partial charge on any atom is -0.493 e. The summed E-state index contributed by atoms with van der Waals surface area (Å²) < 4.78 is 37.0. The van der Waals surface area contributed by atoms with Crippen LogP contribution in [0.4, 0.5) is 0 Å². The molecule has 1 aliphatic heterocycles. The van der Waals surface area contributed by atoms with E-state index in [1.54, 1.807) is 22.8 Å². The molecule has 0 radical (unpaired) electrons. The van der Waals surface area contributed by atoms with Crippen LogP contribution in [0.25, 0.3) is 22.3 Å². The molecule has 3 heterocycles. The van der Waals surface area contributed by atoms with Crippen LogP contribution in [0, 0.1) is 0 Å². The topological polar surface area (TPSA) is 130 Å². The lowest BCUT2D eigenvalue weighted by atomic mass is 10.1. The third kappa shape index (κ3) is 5.24. The number of nitrogens with zero attached hydrogens (tertiary/aromatic N) is 4. The Kier molecular flexibility index (Phi) is 8.22. The van der Waals surface area contributed by atoms with E-state index in [4.69, 9.17) is 9.84 Å². The normalized spacial score (nSPS) is 15.5. The molecule has 1 fully saturated rings. The molecule has 12 heteroatoms. The van der Waals surface area contributed by atoms with E-state index in [9.17, 15) is 18.0 Å². The van der Waals surface area contributed by atoms with E-state index in [0.29, 0.717) is 74.7 Å². The third-order valence-corrected chi connectivity index (χ3v) is 8.61. The zero-order valence-electron chi connectivity index (χ0n) is 21.6. The van der Waals surface area contributed by atoms with Gasteiger partial charge in [0.15, 0.2) is 0 Å². The number of aliphatic hydroxyl groups excluding tert-OH is 1. The van der Waals surface area contributed by atoms with Gasteiger partial charge in [0.1, 0.15) is 11.3 Å². The minimum atomic E-state index is -3.77. The highest BCUT2D eigenvalue weighted by Gasteiger charge is 2.29. The van der Waals surface area contributed by atoms with Crippen LogP contribution in [0.1, 0.15) is 26.7 Å². The van der Waals surface area contributed by atoms with Crippen molar-refractivity contribution in [2.24, 2.45) is 7.05 Å². The lowest BCUT2D eigenvalue weighted by Crippen LogP contribution is -2.48. The van der Waals surface area contributed by atoms with Crippen LogP contribution in [0.2, 0.25) is 0 Å². The number of piperazine rings is 1. The maximum atomic E-state index is 13.5. The van der Waals surface area contributed by atoms with Gasteiger partial charge in [-0.05, 0) is 44.0 Å². The molecule has 3 aromatic rings. The Bertz CT molecular complexity index is 1480. The Morgan fingerprint density at radius 2 is 1.78 bits per heavy atom. The summed E-state index contributed by atoms with van der Waals surface area (Å²) in [5.74, 6) is 0.475. The molecule has 2 N–H and O–H groups in total. The average molecular weight is 534 g/mol. The highest BCUT2D eigenvalue weighted by Crippen LogP contribution is 2.34. The molecule has 2 aromatic heterocycles. The molecule has 0 bridgehead atoms. The maximum absolute atomic E-state index is 13.5. The third-order valence-electron chi connectivity index (χ3n) is 6.71. The summed E-state index contributed by atoms with van der Waals surface area (Å²) in [5, 5.41) is 9.06. The van der Waals surface area contributed by atoms with Crippen LogP contribution in [-0.2, 0) is 23.6 Å². The number of hydrogen-bond acceptors (Lipinski definition) is 7. The largest absolute Gasteiger partial charge is 0.493 e. The number of aryl methyl sites for hydroxylation is 1. The van der Waals surface area contributed by atoms with E-state index in [1.165, 1.54) is 17.4 Å². The van der Waals surface area contributed by atoms with Gasteiger partial charge in [-0.25, -0.2) is 13.2 Å². The molecule has 202 valence electrons. The lowest BCUT2D eigenvalue weighted by molar-refractivity contribution is 0.171. The number of aromatic nitrogens is 3. The quantitative estimate of drug-likeness (QED) is 0.400. The molecule has 11 nitrogen and oxygen atoms in total. The van der Waals surface area contributed by atoms with E-state index >= 15 is 0 Å². The van der Waals surface area contributed by atoms with Crippen molar-refractivity contribution in [3.63, 3.8) is 0 Å². The van der Waals surface area contributed by atoms with Gasteiger partial charge in [-0.15, -0.1) is 0 Å². The zero-order chi connectivity index (χ0) is 26.7. The summed E-state index contributed by atoms with van der Waals surface area (Å²) in [6.07, 6.45) is 1.37. The van der Waals surface area contributed by atoms with Crippen molar-refractivity contribution in [1.29, 1.82) is 0 Å². The summed E-state index contributed by atoms with van der Waals surface area (Å²) in [6, 6.07) is 6.44. The summed E-state index contributed by atoms with van der Waals surface area (Å²) >= 11 is 0. The first-order chi connectivity index (χ1) is 17.7. The fourth-order valence-corrected chi connectivity index (χ4v) is 6.19.